The van der Waals surface area contributed by atoms with Crippen molar-refractivity contribution in [1.82, 2.24) is 29.9 Å². The van der Waals surface area contributed by atoms with Gasteiger partial charge < -0.3 is 4.74 Å². The van der Waals surface area contributed by atoms with Crippen LogP contribution >= 0.6 is 0 Å². The number of hydrogen-bond acceptors (Lipinski definition) is 5. The Balaban J connectivity index is 1.45. The minimum atomic E-state index is -0.288. The summed E-state index contributed by atoms with van der Waals surface area (Å²) >= 11 is 0. The number of nitrogens with zero attached hydrogens (tertiary/aromatic N) is 5. The van der Waals surface area contributed by atoms with Crippen molar-refractivity contribution in [2.45, 2.75) is 19.6 Å². The lowest BCUT2D eigenvalue weighted by Gasteiger charge is -2.30. The van der Waals surface area contributed by atoms with Crippen LogP contribution in [0.4, 0.5) is 4.39 Å². The average Bonchev–Trinajstić information content (AvgIpc) is 3.25. The van der Waals surface area contributed by atoms with Gasteiger partial charge in [-0.15, -0.1) is 0 Å². The molecule has 3 aromatic rings. The maximum atomic E-state index is 13.9. The molecule has 7 nitrogen and oxygen atoms in total. The van der Waals surface area contributed by atoms with Crippen molar-refractivity contribution in [2.75, 3.05) is 19.7 Å². The minimum Gasteiger partial charge on any atom is -0.367 e. The fraction of sp³-hybridized carbons (Fsp3) is 0.353. The fourth-order valence-electron chi connectivity index (χ4n) is 2.95. The predicted octanol–water partition coefficient (Wildman–Crippen LogP) is 2.01. The van der Waals surface area contributed by atoms with Gasteiger partial charge in [-0.1, -0.05) is 12.1 Å². The summed E-state index contributed by atoms with van der Waals surface area (Å²) < 4.78 is 21.2. The molecule has 3 heterocycles. The van der Waals surface area contributed by atoms with E-state index in [9.17, 15) is 4.39 Å². The molecule has 4 rings (SSSR count). The second kappa shape index (κ2) is 6.73. The van der Waals surface area contributed by atoms with Crippen molar-refractivity contribution in [3.8, 4) is 5.69 Å². The summed E-state index contributed by atoms with van der Waals surface area (Å²) in [4.78, 5) is 6.59. The number of rotatable bonds is 4. The lowest BCUT2D eigenvalue weighted by molar-refractivity contribution is -0.0374. The summed E-state index contributed by atoms with van der Waals surface area (Å²) in [6.45, 7) is 4.67. The quantitative estimate of drug-likeness (QED) is 0.785. The molecule has 25 heavy (non-hydrogen) atoms. The Morgan fingerprint density at radius 3 is 3.00 bits per heavy atom. The van der Waals surface area contributed by atoms with E-state index in [1.807, 2.05) is 13.0 Å². The Labute approximate surface area is 144 Å². The molecule has 1 unspecified atom stereocenters. The number of halogens is 1. The zero-order chi connectivity index (χ0) is 17.2. The molecule has 1 aromatic carbocycles. The summed E-state index contributed by atoms with van der Waals surface area (Å²) in [7, 11) is 0. The van der Waals surface area contributed by atoms with Gasteiger partial charge >= 0.3 is 0 Å². The van der Waals surface area contributed by atoms with E-state index in [2.05, 4.69) is 25.2 Å². The normalized spacial score (nSPS) is 18.6. The third-order valence-electron chi connectivity index (χ3n) is 4.18. The van der Waals surface area contributed by atoms with Crippen LogP contribution in [0.15, 0.2) is 36.5 Å². The van der Waals surface area contributed by atoms with Crippen molar-refractivity contribution in [2.24, 2.45) is 0 Å². The number of aryl methyl sites for hydroxylation is 1. The van der Waals surface area contributed by atoms with E-state index in [0.29, 0.717) is 31.2 Å². The first-order valence-corrected chi connectivity index (χ1v) is 8.21. The van der Waals surface area contributed by atoms with Gasteiger partial charge in [0.15, 0.2) is 5.82 Å². The Bertz CT molecular complexity index is 860. The van der Waals surface area contributed by atoms with Gasteiger partial charge in [-0.25, -0.2) is 14.1 Å². The first-order chi connectivity index (χ1) is 12.2. The standard InChI is InChI=1S/C17H19FN6O/c1-12-19-17(21-20-12)16-11-23(8-9-25-16)10-13-6-7-24(22-13)15-5-3-2-4-14(15)18/h2-7,16H,8-11H2,1H3,(H,19,20,21). The summed E-state index contributed by atoms with van der Waals surface area (Å²) in [5.74, 6) is 1.17. The Hall–Kier alpha value is -2.58. The number of aromatic nitrogens is 5. The van der Waals surface area contributed by atoms with Gasteiger partial charge in [-0.05, 0) is 25.1 Å². The van der Waals surface area contributed by atoms with E-state index in [4.69, 9.17) is 4.74 Å². The summed E-state index contributed by atoms with van der Waals surface area (Å²) in [6, 6.07) is 8.52. The Kier molecular flexibility index (Phi) is 4.29. The van der Waals surface area contributed by atoms with Crippen molar-refractivity contribution in [1.29, 1.82) is 0 Å². The average molecular weight is 342 g/mol. The monoisotopic (exact) mass is 342 g/mol. The summed E-state index contributed by atoms with van der Waals surface area (Å²) in [6.07, 6.45) is 1.64. The highest BCUT2D eigenvalue weighted by atomic mass is 19.1. The molecule has 8 heteroatoms. The van der Waals surface area contributed by atoms with E-state index in [1.165, 1.54) is 6.07 Å². The maximum Gasteiger partial charge on any atom is 0.180 e. The molecule has 0 radical (unpaired) electrons. The molecule has 1 aliphatic heterocycles. The van der Waals surface area contributed by atoms with Crippen molar-refractivity contribution < 1.29 is 9.13 Å². The lowest BCUT2D eigenvalue weighted by atomic mass is 10.2. The summed E-state index contributed by atoms with van der Waals surface area (Å²) in [5.41, 5.74) is 1.33. The molecule has 0 saturated carbocycles. The van der Waals surface area contributed by atoms with E-state index in [0.717, 1.165) is 18.1 Å². The fourth-order valence-corrected chi connectivity index (χ4v) is 2.95. The lowest BCUT2D eigenvalue weighted by Crippen LogP contribution is -2.38. The number of hydrogen-bond donors (Lipinski definition) is 1. The maximum absolute atomic E-state index is 13.9. The molecule has 0 spiro atoms. The van der Waals surface area contributed by atoms with E-state index >= 15 is 0 Å². The second-order valence-electron chi connectivity index (χ2n) is 6.08. The largest absolute Gasteiger partial charge is 0.367 e. The number of para-hydroxylation sites is 1. The van der Waals surface area contributed by atoms with Gasteiger partial charge in [0.2, 0.25) is 0 Å². The molecule has 130 valence electrons. The number of nitrogens with one attached hydrogen (secondary N) is 1. The van der Waals surface area contributed by atoms with Gasteiger partial charge in [0.1, 0.15) is 23.4 Å². The Morgan fingerprint density at radius 2 is 2.20 bits per heavy atom. The van der Waals surface area contributed by atoms with Crippen LogP contribution in [0.2, 0.25) is 0 Å². The molecular formula is C17H19FN6O. The molecule has 1 aliphatic rings. The molecule has 1 atom stereocenters. The Morgan fingerprint density at radius 1 is 1.32 bits per heavy atom. The number of H-pyrrole nitrogens is 1. The highest BCUT2D eigenvalue weighted by molar-refractivity contribution is 5.32. The van der Waals surface area contributed by atoms with Crippen LogP contribution in [0.3, 0.4) is 0 Å². The van der Waals surface area contributed by atoms with Crippen LogP contribution in [0.5, 0.6) is 0 Å². The number of morpholine rings is 1. The van der Waals surface area contributed by atoms with E-state index < -0.39 is 0 Å². The van der Waals surface area contributed by atoms with Crippen LogP contribution in [0.1, 0.15) is 23.4 Å². The third-order valence-corrected chi connectivity index (χ3v) is 4.18. The smallest absolute Gasteiger partial charge is 0.180 e. The van der Waals surface area contributed by atoms with Crippen LogP contribution in [-0.4, -0.2) is 49.6 Å². The van der Waals surface area contributed by atoms with E-state index in [-0.39, 0.29) is 11.9 Å². The topological polar surface area (TPSA) is 71.9 Å². The number of benzene rings is 1. The first-order valence-electron chi connectivity index (χ1n) is 8.21. The summed E-state index contributed by atoms with van der Waals surface area (Å²) in [5, 5.41) is 11.5. The van der Waals surface area contributed by atoms with E-state index in [1.54, 1.807) is 29.1 Å². The molecule has 1 saturated heterocycles. The first kappa shape index (κ1) is 15.9. The van der Waals surface area contributed by atoms with Crippen molar-refractivity contribution in [3.05, 3.63) is 59.7 Å². The zero-order valence-electron chi connectivity index (χ0n) is 13.9. The highest BCUT2D eigenvalue weighted by Gasteiger charge is 2.25. The van der Waals surface area contributed by atoms with Gasteiger partial charge in [0.25, 0.3) is 0 Å². The molecule has 0 amide bonds. The second-order valence-corrected chi connectivity index (χ2v) is 6.08. The van der Waals surface area contributed by atoms with Crippen LogP contribution in [-0.2, 0) is 11.3 Å². The minimum absolute atomic E-state index is 0.146. The van der Waals surface area contributed by atoms with Gasteiger partial charge in [0.05, 0.1) is 12.3 Å². The molecule has 1 N–H and O–H groups in total. The zero-order valence-corrected chi connectivity index (χ0v) is 13.9. The molecular weight excluding hydrogens is 323 g/mol. The predicted molar refractivity (Wildman–Crippen MR) is 88.6 cm³/mol. The molecule has 2 aromatic heterocycles. The van der Waals surface area contributed by atoms with Crippen LogP contribution in [0, 0.1) is 12.7 Å². The number of ether oxygens (including phenoxy) is 1. The SMILES string of the molecule is Cc1nc(C2CN(Cc3ccn(-c4ccccc4F)n3)CCO2)n[nH]1. The van der Waals surface area contributed by atoms with Crippen molar-refractivity contribution in [3.63, 3.8) is 0 Å². The molecule has 0 aliphatic carbocycles. The molecule has 1 fully saturated rings. The van der Waals surface area contributed by atoms with Crippen LogP contribution in [0.25, 0.3) is 5.69 Å². The third kappa shape index (κ3) is 3.45. The van der Waals surface area contributed by atoms with Crippen LogP contribution < -0.4 is 0 Å². The number of aromatic amines is 1. The van der Waals surface area contributed by atoms with Gasteiger partial charge in [0, 0.05) is 25.8 Å². The van der Waals surface area contributed by atoms with Crippen molar-refractivity contribution >= 4 is 0 Å². The van der Waals surface area contributed by atoms with Gasteiger partial charge in [-0.2, -0.15) is 10.2 Å². The molecule has 0 bridgehead atoms. The highest BCUT2D eigenvalue weighted by Crippen LogP contribution is 2.20. The van der Waals surface area contributed by atoms with Gasteiger partial charge in [-0.3, -0.25) is 10.00 Å².